The maximum absolute atomic E-state index is 6.04. The van der Waals surface area contributed by atoms with Gasteiger partial charge in [-0.15, -0.1) is 0 Å². The van der Waals surface area contributed by atoms with E-state index in [1.54, 1.807) is 13.2 Å². The number of anilines is 4. The molecular weight excluding hydrogens is 402 g/mol. The van der Waals surface area contributed by atoms with Crippen LogP contribution in [0.3, 0.4) is 0 Å². The van der Waals surface area contributed by atoms with Crippen molar-refractivity contribution in [3.8, 4) is 5.75 Å². The molecule has 0 amide bonds. The molecule has 0 saturated carbocycles. The number of hydrogen-bond acceptors (Lipinski definition) is 8. The highest BCUT2D eigenvalue weighted by atomic mass is 35.5. The van der Waals surface area contributed by atoms with Gasteiger partial charge in [0.15, 0.2) is 0 Å². The average Bonchev–Trinajstić information content (AvgIpc) is 2.74. The van der Waals surface area contributed by atoms with Gasteiger partial charge in [0.2, 0.25) is 11.9 Å². The van der Waals surface area contributed by atoms with Gasteiger partial charge in [0.25, 0.3) is 0 Å². The fourth-order valence-corrected chi connectivity index (χ4v) is 3.69. The van der Waals surface area contributed by atoms with Gasteiger partial charge in [0.05, 0.1) is 19.3 Å². The van der Waals surface area contributed by atoms with Crippen molar-refractivity contribution < 1.29 is 4.74 Å². The van der Waals surface area contributed by atoms with Crippen molar-refractivity contribution in [1.82, 2.24) is 19.9 Å². The summed E-state index contributed by atoms with van der Waals surface area (Å²) in [4.78, 5) is 17.7. The van der Waals surface area contributed by atoms with Crippen molar-refractivity contribution in [2.75, 3.05) is 49.2 Å². The Morgan fingerprint density at radius 3 is 2.60 bits per heavy atom. The number of aromatic nitrogens is 3. The monoisotopic (exact) mass is 425 g/mol. The first-order valence-electron chi connectivity index (χ1n) is 9.74. The fraction of sp³-hybridized carbons (Fsp3) is 0.286. The third-order valence-corrected chi connectivity index (χ3v) is 5.18. The first-order chi connectivity index (χ1) is 14.6. The van der Waals surface area contributed by atoms with Crippen LogP contribution in [0.5, 0.6) is 5.75 Å². The third-order valence-electron chi connectivity index (χ3n) is 4.94. The standard InChI is InChI=1S/C21H24ClN7O/c1-30-18-8-3-2-7-17(18)29-11-9-28(10-12-29)14-19-25-20(23)27-21(26-19)24-16-6-4-5-15(22)13-16/h2-8,13H,9-12,14H2,1H3,(H3,23,24,25,26,27). The van der Waals surface area contributed by atoms with Crippen LogP contribution in [-0.2, 0) is 6.54 Å². The van der Waals surface area contributed by atoms with Crippen molar-refractivity contribution in [3.63, 3.8) is 0 Å². The summed E-state index contributed by atoms with van der Waals surface area (Å²) in [5.74, 6) is 2.13. The lowest BCUT2D eigenvalue weighted by molar-refractivity contribution is 0.243. The zero-order chi connectivity index (χ0) is 20.9. The number of hydrogen-bond donors (Lipinski definition) is 2. The molecule has 3 N–H and O–H groups in total. The minimum atomic E-state index is 0.192. The Labute approximate surface area is 180 Å². The first kappa shape index (κ1) is 20.2. The predicted octanol–water partition coefficient (Wildman–Crippen LogP) is 3.18. The Balaban J connectivity index is 1.40. The summed E-state index contributed by atoms with van der Waals surface area (Å²) in [7, 11) is 1.70. The van der Waals surface area contributed by atoms with Crippen LogP contribution in [0, 0.1) is 0 Å². The highest BCUT2D eigenvalue weighted by Gasteiger charge is 2.20. The van der Waals surface area contributed by atoms with Crippen molar-refractivity contribution >= 4 is 34.9 Å². The van der Waals surface area contributed by atoms with Crippen LogP contribution >= 0.6 is 11.6 Å². The van der Waals surface area contributed by atoms with Crippen molar-refractivity contribution in [1.29, 1.82) is 0 Å². The smallest absolute Gasteiger partial charge is 0.232 e. The molecule has 1 fully saturated rings. The van der Waals surface area contributed by atoms with Gasteiger partial charge in [0.1, 0.15) is 11.6 Å². The molecule has 3 aromatic rings. The van der Waals surface area contributed by atoms with Crippen LogP contribution in [0.1, 0.15) is 5.82 Å². The summed E-state index contributed by atoms with van der Waals surface area (Å²) in [5.41, 5.74) is 7.83. The zero-order valence-electron chi connectivity index (χ0n) is 16.8. The van der Waals surface area contributed by atoms with E-state index in [4.69, 9.17) is 22.1 Å². The van der Waals surface area contributed by atoms with Gasteiger partial charge >= 0.3 is 0 Å². The number of nitrogens with two attached hydrogens (primary N) is 1. The van der Waals surface area contributed by atoms with Crippen LogP contribution in [0.4, 0.5) is 23.3 Å². The highest BCUT2D eigenvalue weighted by Crippen LogP contribution is 2.28. The van der Waals surface area contributed by atoms with Gasteiger partial charge in [-0.1, -0.05) is 29.8 Å². The van der Waals surface area contributed by atoms with E-state index in [2.05, 4.69) is 36.1 Å². The van der Waals surface area contributed by atoms with Gasteiger partial charge in [-0.05, 0) is 30.3 Å². The lowest BCUT2D eigenvalue weighted by Gasteiger charge is -2.36. The molecule has 0 unspecified atom stereocenters. The maximum Gasteiger partial charge on any atom is 0.232 e. The molecule has 156 valence electrons. The molecule has 0 bridgehead atoms. The van der Waals surface area contributed by atoms with Gasteiger partial charge in [-0.2, -0.15) is 15.0 Å². The average molecular weight is 426 g/mol. The molecule has 4 rings (SSSR count). The van der Waals surface area contributed by atoms with Crippen LogP contribution < -0.4 is 20.7 Å². The zero-order valence-corrected chi connectivity index (χ0v) is 17.5. The van der Waals surface area contributed by atoms with E-state index in [9.17, 15) is 0 Å². The highest BCUT2D eigenvalue weighted by molar-refractivity contribution is 6.30. The quantitative estimate of drug-likeness (QED) is 0.622. The summed E-state index contributed by atoms with van der Waals surface area (Å²) >= 11 is 6.04. The molecule has 1 aliphatic heterocycles. The minimum absolute atomic E-state index is 0.192. The van der Waals surface area contributed by atoms with E-state index in [0.29, 0.717) is 23.3 Å². The molecule has 0 aliphatic carbocycles. The number of nitrogens with one attached hydrogen (secondary N) is 1. The lowest BCUT2D eigenvalue weighted by Crippen LogP contribution is -2.46. The van der Waals surface area contributed by atoms with Gasteiger partial charge in [-0.25, -0.2) is 0 Å². The number of ether oxygens (including phenoxy) is 1. The van der Waals surface area contributed by atoms with E-state index < -0.39 is 0 Å². The van der Waals surface area contributed by atoms with Gasteiger partial charge in [0, 0.05) is 36.9 Å². The second-order valence-corrected chi connectivity index (χ2v) is 7.44. The predicted molar refractivity (Wildman–Crippen MR) is 119 cm³/mol. The van der Waals surface area contributed by atoms with Crippen molar-refractivity contribution in [2.45, 2.75) is 6.54 Å². The lowest BCUT2D eigenvalue weighted by atomic mass is 10.2. The number of methoxy groups -OCH3 is 1. The molecule has 2 aromatic carbocycles. The molecule has 1 saturated heterocycles. The number of rotatable bonds is 6. The Bertz CT molecular complexity index is 1010. The van der Waals surface area contributed by atoms with Crippen LogP contribution in [0.25, 0.3) is 0 Å². The summed E-state index contributed by atoms with van der Waals surface area (Å²) < 4.78 is 5.49. The van der Waals surface area contributed by atoms with Crippen molar-refractivity contribution in [3.05, 3.63) is 59.4 Å². The number of nitrogen functional groups attached to an aromatic ring is 1. The minimum Gasteiger partial charge on any atom is -0.495 e. The molecule has 1 aromatic heterocycles. The molecule has 1 aliphatic rings. The third kappa shape index (κ3) is 4.90. The largest absolute Gasteiger partial charge is 0.495 e. The second-order valence-electron chi connectivity index (χ2n) is 7.00. The molecule has 0 atom stereocenters. The van der Waals surface area contributed by atoms with Gasteiger partial charge < -0.3 is 20.7 Å². The number of benzene rings is 2. The second kappa shape index (κ2) is 9.15. The molecule has 30 heavy (non-hydrogen) atoms. The van der Waals surface area contributed by atoms with Gasteiger partial charge in [-0.3, -0.25) is 4.90 Å². The SMILES string of the molecule is COc1ccccc1N1CCN(Cc2nc(N)nc(Nc3cccc(Cl)c3)n2)CC1. The molecule has 0 spiro atoms. The fourth-order valence-electron chi connectivity index (χ4n) is 3.50. The van der Waals surface area contributed by atoms with E-state index in [0.717, 1.165) is 43.3 Å². The molecular formula is C21H24ClN7O. The molecule has 8 nitrogen and oxygen atoms in total. The summed E-state index contributed by atoms with van der Waals surface area (Å²) in [6.45, 7) is 4.18. The topological polar surface area (TPSA) is 92.4 Å². The van der Waals surface area contributed by atoms with Crippen LogP contribution in [0.2, 0.25) is 5.02 Å². The Morgan fingerprint density at radius 1 is 1.03 bits per heavy atom. The van der Waals surface area contributed by atoms with Crippen LogP contribution in [0.15, 0.2) is 48.5 Å². The number of nitrogens with zero attached hydrogens (tertiary/aromatic N) is 5. The normalized spacial score (nSPS) is 14.5. The summed E-state index contributed by atoms with van der Waals surface area (Å²) in [6.07, 6.45) is 0. The van der Waals surface area contributed by atoms with E-state index in [1.807, 2.05) is 36.4 Å². The van der Waals surface area contributed by atoms with E-state index >= 15 is 0 Å². The molecule has 2 heterocycles. The summed E-state index contributed by atoms with van der Waals surface area (Å²) in [5, 5.41) is 3.77. The Hall–Kier alpha value is -3.10. The van der Waals surface area contributed by atoms with Crippen molar-refractivity contribution in [2.24, 2.45) is 0 Å². The van der Waals surface area contributed by atoms with E-state index in [-0.39, 0.29) is 5.95 Å². The Morgan fingerprint density at radius 2 is 1.83 bits per heavy atom. The number of halogens is 1. The van der Waals surface area contributed by atoms with Crippen LogP contribution in [-0.4, -0.2) is 53.1 Å². The number of para-hydroxylation sites is 2. The maximum atomic E-state index is 6.04. The van der Waals surface area contributed by atoms with E-state index in [1.165, 1.54) is 0 Å². The Kier molecular flexibility index (Phi) is 6.15. The summed E-state index contributed by atoms with van der Waals surface area (Å²) in [6, 6.07) is 15.5. The first-order valence-corrected chi connectivity index (χ1v) is 10.1. The molecule has 0 radical (unpaired) electrons. The number of piperazine rings is 1. The molecule has 9 heteroatoms.